The second-order valence-electron chi connectivity index (χ2n) is 0.711. The summed E-state index contributed by atoms with van der Waals surface area (Å²) in [6.45, 7) is 0. The lowest BCUT2D eigenvalue weighted by atomic mass is 11.7. The van der Waals surface area contributed by atoms with Crippen molar-refractivity contribution in [3.8, 4) is 0 Å². The fraction of sp³-hybridized carbons (Fsp3) is 0. The molecule has 0 amide bonds. The van der Waals surface area contributed by atoms with Crippen molar-refractivity contribution in [3.63, 3.8) is 0 Å². The van der Waals surface area contributed by atoms with Crippen molar-refractivity contribution in [1.29, 1.82) is 0 Å². The van der Waals surface area contributed by atoms with Crippen LogP contribution in [0.25, 0.3) is 0 Å². The quantitative estimate of drug-likeness (QED) is 0.355. The predicted octanol–water partition coefficient (Wildman–Crippen LogP) is -0.521. The van der Waals surface area contributed by atoms with Gasteiger partial charge in [-0.25, -0.2) is 4.78 Å². The summed E-state index contributed by atoms with van der Waals surface area (Å²) < 4.78 is 3.62. The van der Waals surface area contributed by atoms with Crippen molar-refractivity contribution in [2.75, 3.05) is 0 Å². The van der Waals surface area contributed by atoms with Crippen molar-refractivity contribution in [3.05, 3.63) is 0 Å². The van der Waals surface area contributed by atoms with Crippen LogP contribution in [0.5, 0.6) is 0 Å². The summed E-state index contributed by atoms with van der Waals surface area (Å²) >= 11 is 0. The standard InChI is InChI=1S/CH3N3Si/c1-2-3-4-5-1/h1H,5H2. The molecule has 0 spiro atoms. The van der Waals surface area contributed by atoms with E-state index in [9.17, 15) is 0 Å². The molecule has 0 aliphatic carbocycles. The molecule has 0 N–H and O–H groups in total. The van der Waals surface area contributed by atoms with Gasteiger partial charge in [0.15, 0.2) is 0 Å². The number of hydrogen-bond acceptors (Lipinski definition) is 3. The molecule has 0 unspecified atom stereocenters. The molecule has 0 fully saturated rings. The van der Waals surface area contributed by atoms with Gasteiger partial charge < -0.3 is 0 Å². The lowest BCUT2D eigenvalue weighted by Crippen LogP contribution is -1.74. The Morgan fingerprint density at radius 3 is 2.80 bits per heavy atom. The molecule has 0 aromatic rings. The maximum Gasteiger partial charge on any atom is 0.225 e. The Labute approximate surface area is 31.7 Å². The van der Waals surface area contributed by atoms with Crippen LogP contribution in [0.3, 0.4) is 0 Å². The van der Waals surface area contributed by atoms with E-state index in [1.54, 1.807) is 5.84 Å². The highest BCUT2D eigenvalue weighted by Crippen LogP contribution is 1.77. The van der Waals surface area contributed by atoms with E-state index in [2.05, 4.69) is 15.1 Å². The molecule has 0 aromatic carbocycles. The summed E-state index contributed by atoms with van der Waals surface area (Å²) in [6.07, 6.45) is 0. The summed E-state index contributed by atoms with van der Waals surface area (Å²) in [4.78, 5) is 0. The molecule has 1 heterocycles. The molecule has 0 atom stereocenters. The zero-order chi connectivity index (χ0) is 3.54. The first-order chi connectivity index (χ1) is 2.50. The van der Waals surface area contributed by atoms with Crippen LogP contribution in [0.2, 0.25) is 0 Å². The second-order valence-corrected chi connectivity index (χ2v) is 1.72. The monoisotopic (exact) mass is 85.0 g/mol. The van der Waals surface area contributed by atoms with E-state index in [-0.39, 0.29) is 9.68 Å². The van der Waals surface area contributed by atoms with Crippen LogP contribution in [0.1, 0.15) is 0 Å². The van der Waals surface area contributed by atoms with E-state index in [0.717, 1.165) is 0 Å². The van der Waals surface area contributed by atoms with Crippen molar-refractivity contribution in [2.24, 2.45) is 15.1 Å². The van der Waals surface area contributed by atoms with Gasteiger partial charge in [-0.2, -0.15) is 0 Å². The second kappa shape index (κ2) is 1.07. The lowest BCUT2D eigenvalue weighted by Gasteiger charge is -1.51. The van der Waals surface area contributed by atoms with Gasteiger partial charge in [-0.3, -0.25) is 0 Å². The largest absolute Gasteiger partial charge is 0.225 e. The molecule has 26 valence electrons. The van der Waals surface area contributed by atoms with Crippen molar-refractivity contribution in [2.45, 2.75) is 0 Å². The molecule has 1 aliphatic rings. The van der Waals surface area contributed by atoms with Crippen molar-refractivity contribution >= 4 is 15.5 Å². The van der Waals surface area contributed by atoms with Gasteiger partial charge >= 0.3 is 0 Å². The maximum atomic E-state index is 3.62. The van der Waals surface area contributed by atoms with Gasteiger partial charge in [0.25, 0.3) is 0 Å². The Morgan fingerprint density at radius 1 is 1.60 bits per heavy atom. The minimum atomic E-state index is -0.290. The smallest absolute Gasteiger partial charge is 0.215 e. The van der Waals surface area contributed by atoms with E-state index < -0.39 is 0 Å². The van der Waals surface area contributed by atoms with Gasteiger partial charge in [-0.05, 0) is 0 Å². The fourth-order valence-corrected chi connectivity index (χ4v) is 0.548. The van der Waals surface area contributed by atoms with E-state index in [1.165, 1.54) is 0 Å². The van der Waals surface area contributed by atoms with Crippen LogP contribution in [0, 0.1) is 0 Å². The third-order valence-electron chi connectivity index (χ3n) is 0.360. The van der Waals surface area contributed by atoms with Crippen molar-refractivity contribution < 1.29 is 0 Å². The highest BCUT2D eigenvalue weighted by Gasteiger charge is 1.78. The molecule has 4 heteroatoms. The topological polar surface area (TPSA) is 37.1 Å². The highest BCUT2D eigenvalue weighted by atomic mass is 28.2. The Morgan fingerprint density at radius 2 is 2.60 bits per heavy atom. The molecule has 3 nitrogen and oxygen atoms in total. The summed E-state index contributed by atoms with van der Waals surface area (Å²) in [5.41, 5.74) is 0. The molecule has 1 aliphatic heterocycles. The summed E-state index contributed by atoms with van der Waals surface area (Å²) in [5.74, 6) is 1.79. The van der Waals surface area contributed by atoms with Gasteiger partial charge in [-0.1, -0.05) is 5.22 Å². The van der Waals surface area contributed by atoms with E-state index in [0.29, 0.717) is 0 Å². The first-order valence-corrected chi connectivity index (χ1v) is 2.83. The van der Waals surface area contributed by atoms with Crippen LogP contribution in [0.15, 0.2) is 15.1 Å². The van der Waals surface area contributed by atoms with Gasteiger partial charge in [0.05, 0.1) is 0 Å². The minimum Gasteiger partial charge on any atom is -0.215 e. The summed E-state index contributed by atoms with van der Waals surface area (Å²) in [5, 5.41) is 6.82. The molecule has 0 bridgehead atoms. The van der Waals surface area contributed by atoms with Crippen LogP contribution >= 0.6 is 0 Å². The normalized spacial score (nSPS) is 22.4. The Kier molecular flexibility index (Phi) is 0.581. The van der Waals surface area contributed by atoms with E-state index in [4.69, 9.17) is 0 Å². The van der Waals surface area contributed by atoms with Crippen LogP contribution < -0.4 is 0 Å². The van der Waals surface area contributed by atoms with Crippen LogP contribution in [0.4, 0.5) is 0 Å². The summed E-state index contributed by atoms with van der Waals surface area (Å²) in [6, 6.07) is 0. The van der Waals surface area contributed by atoms with Crippen LogP contribution in [-0.4, -0.2) is 15.5 Å². The van der Waals surface area contributed by atoms with Crippen LogP contribution in [-0.2, 0) is 0 Å². The molecule has 0 saturated carbocycles. The first-order valence-electron chi connectivity index (χ1n) is 1.38. The highest BCUT2D eigenvalue weighted by molar-refractivity contribution is 6.66. The Balaban J connectivity index is 2.61. The zero-order valence-corrected chi connectivity index (χ0v) is 4.04. The molecular weight excluding hydrogens is 82.1 g/mol. The molecule has 0 saturated heterocycles. The maximum absolute atomic E-state index is 3.62. The predicted molar refractivity (Wildman–Crippen MR) is 21.9 cm³/mol. The third kappa shape index (κ3) is 0.383. The number of hydrogen-bond donors (Lipinski definition) is 0. The fourth-order valence-electron chi connectivity index (χ4n) is 0.183. The zero-order valence-electron chi connectivity index (χ0n) is 2.63. The molecule has 0 aromatic heterocycles. The van der Waals surface area contributed by atoms with Gasteiger partial charge in [0.1, 0.15) is 0 Å². The molecule has 1 rings (SSSR count). The Bertz CT molecular complexity index is 65.0. The average Bonchev–Trinajstić information content (AvgIpc) is 1.76. The van der Waals surface area contributed by atoms with Gasteiger partial charge in [-0.15, -0.1) is 5.10 Å². The molecule has 0 radical (unpaired) electrons. The van der Waals surface area contributed by atoms with Gasteiger partial charge in [0.2, 0.25) is 9.68 Å². The molecule has 5 heavy (non-hydrogen) atoms. The van der Waals surface area contributed by atoms with E-state index >= 15 is 0 Å². The average molecular weight is 85.1 g/mol. The van der Waals surface area contributed by atoms with Crippen molar-refractivity contribution in [1.82, 2.24) is 0 Å². The first kappa shape index (κ1) is 2.71. The van der Waals surface area contributed by atoms with Gasteiger partial charge in [0, 0.05) is 5.84 Å². The van der Waals surface area contributed by atoms with E-state index in [1.807, 2.05) is 0 Å². The SMILES string of the molecule is C1=NN=N[SiH2]1. The third-order valence-corrected chi connectivity index (χ3v) is 0.976. The minimum absolute atomic E-state index is 0.290. The number of nitrogens with zero attached hydrogens (tertiary/aromatic N) is 3. The number of rotatable bonds is 0. The lowest BCUT2D eigenvalue weighted by molar-refractivity contribution is 1.14. The molecular formula is CH3N3Si. The summed E-state index contributed by atoms with van der Waals surface area (Å²) in [7, 11) is -0.290. The Hall–Kier alpha value is -0.513.